The highest BCUT2D eigenvalue weighted by Crippen LogP contribution is 2.31. The minimum atomic E-state index is 0.650. The summed E-state index contributed by atoms with van der Waals surface area (Å²) in [6.07, 6.45) is 2.40. The summed E-state index contributed by atoms with van der Waals surface area (Å²) in [5.41, 5.74) is 1.35. The van der Waals surface area contributed by atoms with Gasteiger partial charge in [0.2, 0.25) is 0 Å². The normalized spacial score (nSPS) is 17.7. The van der Waals surface area contributed by atoms with Crippen molar-refractivity contribution >= 4 is 11.6 Å². The molecule has 0 amide bonds. The predicted octanol–water partition coefficient (Wildman–Crippen LogP) is 2.82. The Balaban J connectivity index is 2.20. The minimum Gasteiger partial charge on any atom is -0.495 e. The highest BCUT2D eigenvalue weighted by Gasteiger charge is 2.16. The van der Waals surface area contributed by atoms with E-state index in [1.807, 2.05) is 6.07 Å². The molecule has 15 heavy (non-hydrogen) atoms. The summed E-state index contributed by atoms with van der Waals surface area (Å²) in [5, 5.41) is 4.06. The number of hydrogen-bond acceptors (Lipinski definition) is 2. The number of ether oxygens (including phenoxy) is 1. The molecule has 0 aromatic heterocycles. The van der Waals surface area contributed by atoms with Gasteiger partial charge >= 0.3 is 0 Å². The third-order valence-electron chi connectivity index (χ3n) is 2.99. The van der Waals surface area contributed by atoms with E-state index in [0.29, 0.717) is 10.9 Å². The van der Waals surface area contributed by atoms with Gasteiger partial charge in [-0.25, -0.2) is 0 Å². The van der Waals surface area contributed by atoms with Crippen molar-refractivity contribution in [2.24, 2.45) is 0 Å². The van der Waals surface area contributed by atoms with Crippen molar-refractivity contribution in [3.63, 3.8) is 0 Å². The molecule has 1 aromatic rings. The van der Waals surface area contributed by atoms with Crippen LogP contribution in [0.15, 0.2) is 18.2 Å². The lowest BCUT2D eigenvalue weighted by atomic mass is 9.90. The maximum absolute atomic E-state index is 6.00. The van der Waals surface area contributed by atoms with Gasteiger partial charge in [0.1, 0.15) is 5.75 Å². The molecule has 1 aromatic carbocycles. The Morgan fingerprint density at radius 3 is 2.73 bits per heavy atom. The number of benzene rings is 1. The summed E-state index contributed by atoms with van der Waals surface area (Å²) in [6, 6.07) is 6.11. The fourth-order valence-electron chi connectivity index (χ4n) is 2.09. The number of nitrogens with one attached hydrogen (secondary N) is 1. The Labute approximate surface area is 95.6 Å². The van der Waals surface area contributed by atoms with Crippen LogP contribution in [-0.2, 0) is 0 Å². The molecule has 1 aliphatic heterocycles. The first-order valence-electron chi connectivity index (χ1n) is 5.35. The third-order valence-corrected chi connectivity index (χ3v) is 3.30. The molecule has 2 rings (SSSR count). The minimum absolute atomic E-state index is 0.650. The molecular formula is C12H16ClNO. The van der Waals surface area contributed by atoms with Crippen molar-refractivity contribution < 1.29 is 4.74 Å². The first-order valence-corrected chi connectivity index (χ1v) is 5.73. The standard InChI is InChI=1S/C12H16ClNO/c1-15-12-8-10(2-3-11(12)13)9-4-6-14-7-5-9/h2-3,8-9,14H,4-7H2,1H3. The lowest BCUT2D eigenvalue weighted by molar-refractivity contribution is 0.411. The van der Waals surface area contributed by atoms with Crippen molar-refractivity contribution in [2.75, 3.05) is 20.2 Å². The number of hydrogen-bond donors (Lipinski definition) is 1. The highest BCUT2D eigenvalue weighted by molar-refractivity contribution is 6.32. The first kappa shape index (κ1) is 10.8. The maximum Gasteiger partial charge on any atom is 0.137 e. The van der Waals surface area contributed by atoms with E-state index >= 15 is 0 Å². The van der Waals surface area contributed by atoms with Gasteiger partial charge in [0.25, 0.3) is 0 Å². The van der Waals surface area contributed by atoms with Crippen LogP contribution in [0.5, 0.6) is 5.75 Å². The van der Waals surface area contributed by atoms with Gasteiger partial charge < -0.3 is 10.1 Å². The van der Waals surface area contributed by atoms with Gasteiger partial charge in [-0.05, 0) is 49.5 Å². The van der Waals surface area contributed by atoms with Crippen LogP contribution in [0.4, 0.5) is 0 Å². The van der Waals surface area contributed by atoms with Crippen LogP contribution < -0.4 is 10.1 Å². The zero-order valence-electron chi connectivity index (χ0n) is 8.92. The molecule has 0 atom stereocenters. The average molecular weight is 226 g/mol. The molecule has 0 unspecified atom stereocenters. The predicted molar refractivity (Wildman–Crippen MR) is 62.8 cm³/mol. The summed E-state index contributed by atoms with van der Waals surface area (Å²) >= 11 is 6.00. The summed E-state index contributed by atoms with van der Waals surface area (Å²) in [5.74, 6) is 1.44. The number of rotatable bonds is 2. The molecule has 1 fully saturated rings. The van der Waals surface area contributed by atoms with Crippen molar-refractivity contribution in [3.8, 4) is 5.75 Å². The van der Waals surface area contributed by atoms with Crippen molar-refractivity contribution in [1.82, 2.24) is 5.32 Å². The van der Waals surface area contributed by atoms with Crippen LogP contribution in [0.25, 0.3) is 0 Å². The van der Waals surface area contributed by atoms with Crippen molar-refractivity contribution in [1.29, 1.82) is 0 Å². The van der Waals surface area contributed by atoms with Crippen molar-refractivity contribution in [3.05, 3.63) is 28.8 Å². The van der Waals surface area contributed by atoms with E-state index in [1.54, 1.807) is 7.11 Å². The smallest absolute Gasteiger partial charge is 0.137 e. The van der Waals surface area contributed by atoms with E-state index in [-0.39, 0.29) is 0 Å². The molecule has 0 saturated carbocycles. The fourth-order valence-corrected chi connectivity index (χ4v) is 2.28. The molecule has 3 heteroatoms. The van der Waals surface area contributed by atoms with Gasteiger partial charge in [0.15, 0.2) is 0 Å². The molecule has 1 aliphatic rings. The van der Waals surface area contributed by atoms with Gasteiger partial charge in [-0.15, -0.1) is 0 Å². The molecule has 82 valence electrons. The first-order chi connectivity index (χ1) is 7.31. The van der Waals surface area contributed by atoms with Gasteiger partial charge in [-0.1, -0.05) is 17.7 Å². The quantitative estimate of drug-likeness (QED) is 0.836. The summed E-state index contributed by atoms with van der Waals surface area (Å²) in [7, 11) is 1.66. The van der Waals surface area contributed by atoms with E-state index < -0.39 is 0 Å². The molecule has 0 radical (unpaired) electrons. The van der Waals surface area contributed by atoms with E-state index in [4.69, 9.17) is 16.3 Å². The Hall–Kier alpha value is -0.730. The van der Waals surface area contributed by atoms with Crippen LogP contribution in [0.3, 0.4) is 0 Å². The van der Waals surface area contributed by atoms with Gasteiger partial charge in [0.05, 0.1) is 12.1 Å². The fraction of sp³-hybridized carbons (Fsp3) is 0.500. The maximum atomic E-state index is 6.00. The largest absolute Gasteiger partial charge is 0.495 e. The molecular weight excluding hydrogens is 210 g/mol. The Morgan fingerprint density at radius 2 is 2.07 bits per heavy atom. The molecule has 0 aliphatic carbocycles. The molecule has 0 spiro atoms. The Kier molecular flexibility index (Phi) is 3.49. The summed E-state index contributed by atoms with van der Waals surface area (Å²) < 4.78 is 5.23. The van der Waals surface area contributed by atoms with Crippen molar-refractivity contribution in [2.45, 2.75) is 18.8 Å². The number of halogens is 1. The second-order valence-electron chi connectivity index (χ2n) is 3.92. The van der Waals surface area contributed by atoms with E-state index in [9.17, 15) is 0 Å². The lowest BCUT2D eigenvalue weighted by Gasteiger charge is -2.23. The molecule has 1 heterocycles. The topological polar surface area (TPSA) is 21.3 Å². The van der Waals surface area contributed by atoms with Gasteiger partial charge in [-0.3, -0.25) is 0 Å². The second kappa shape index (κ2) is 4.86. The molecule has 2 nitrogen and oxygen atoms in total. The summed E-state index contributed by atoms with van der Waals surface area (Å²) in [4.78, 5) is 0. The lowest BCUT2D eigenvalue weighted by Crippen LogP contribution is -2.26. The molecule has 0 bridgehead atoms. The van der Waals surface area contributed by atoms with E-state index in [0.717, 1.165) is 18.8 Å². The zero-order valence-corrected chi connectivity index (χ0v) is 9.68. The van der Waals surface area contributed by atoms with Gasteiger partial charge in [-0.2, -0.15) is 0 Å². The van der Waals surface area contributed by atoms with Crippen LogP contribution in [0.2, 0.25) is 5.02 Å². The van der Waals surface area contributed by atoms with Crippen LogP contribution in [-0.4, -0.2) is 20.2 Å². The highest BCUT2D eigenvalue weighted by atomic mass is 35.5. The zero-order chi connectivity index (χ0) is 10.7. The number of piperidine rings is 1. The number of methoxy groups -OCH3 is 1. The van der Waals surface area contributed by atoms with E-state index in [2.05, 4.69) is 17.4 Å². The Bertz CT molecular complexity index is 334. The average Bonchev–Trinajstić information content (AvgIpc) is 2.31. The third kappa shape index (κ3) is 2.44. The summed E-state index contributed by atoms with van der Waals surface area (Å²) in [6.45, 7) is 2.21. The molecule has 1 saturated heterocycles. The van der Waals surface area contributed by atoms with Gasteiger partial charge in [0, 0.05) is 0 Å². The van der Waals surface area contributed by atoms with E-state index in [1.165, 1.54) is 18.4 Å². The van der Waals surface area contributed by atoms with Crippen LogP contribution in [0, 0.1) is 0 Å². The SMILES string of the molecule is COc1cc(C2CCNCC2)ccc1Cl. The second-order valence-corrected chi connectivity index (χ2v) is 4.33. The van der Waals surface area contributed by atoms with Crippen LogP contribution in [0.1, 0.15) is 24.3 Å². The monoisotopic (exact) mass is 225 g/mol. The Morgan fingerprint density at radius 1 is 1.33 bits per heavy atom. The van der Waals surface area contributed by atoms with Crippen LogP contribution >= 0.6 is 11.6 Å². The molecule has 1 N–H and O–H groups in total.